The quantitative estimate of drug-likeness (QED) is 0.472. The van der Waals surface area contributed by atoms with Gasteiger partial charge in [0, 0.05) is 31.2 Å². The summed E-state index contributed by atoms with van der Waals surface area (Å²) < 4.78 is 5.42. The topological polar surface area (TPSA) is 81.5 Å². The van der Waals surface area contributed by atoms with E-state index in [-0.39, 0.29) is 11.6 Å². The van der Waals surface area contributed by atoms with Gasteiger partial charge in [0.1, 0.15) is 5.75 Å². The van der Waals surface area contributed by atoms with E-state index in [1.165, 1.54) is 19.1 Å². The molecule has 0 unspecified atom stereocenters. The first-order valence-corrected chi connectivity index (χ1v) is 6.36. The van der Waals surface area contributed by atoms with Gasteiger partial charge in [-0.3, -0.25) is 14.9 Å². The van der Waals surface area contributed by atoms with E-state index in [4.69, 9.17) is 4.74 Å². The number of nitro groups is 1. The van der Waals surface area contributed by atoms with Crippen molar-refractivity contribution in [2.75, 3.05) is 13.2 Å². The summed E-state index contributed by atoms with van der Waals surface area (Å²) in [6, 6.07) is 4.48. The molecule has 0 atom stereocenters. The SMILES string of the molecule is CCOc1ccc([N+](=O)[O-])cc1C=CCCNC(C)=O. The van der Waals surface area contributed by atoms with Gasteiger partial charge in [0.15, 0.2) is 0 Å². The third-order valence-electron chi connectivity index (χ3n) is 2.49. The van der Waals surface area contributed by atoms with E-state index in [9.17, 15) is 14.9 Å². The first-order valence-electron chi connectivity index (χ1n) is 6.36. The molecule has 0 spiro atoms. The molecule has 1 N–H and O–H groups in total. The lowest BCUT2D eigenvalue weighted by atomic mass is 10.1. The van der Waals surface area contributed by atoms with Crippen LogP contribution in [0.1, 0.15) is 25.8 Å². The fourth-order valence-electron chi connectivity index (χ4n) is 1.61. The Bertz CT molecular complexity index is 512. The smallest absolute Gasteiger partial charge is 0.270 e. The third-order valence-corrected chi connectivity index (χ3v) is 2.49. The second-order valence-corrected chi connectivity index (χ2v) is 4.09. The van der Waals surface area contributed by atoms with E-state index >= 15 is 0 Å². The van der Waals surface area contributed by atoms with E-state index in [2.05, 4.69) is 5.32 Å². The number of nitrogens with zero attached hydrogens (tertiary/aromatic N) is 1. The van der Waals surface area contributed by atoms with E-state index in [1.807, 2.05) is 13.0 Å². The van der Waals surface area contributed by atoms with Gasteiger partial charge in [0.25, 0.3) is 5.69 Å². The molecule has 1 aromatic carbocycles. The summed E-state index contributed by atoms with van der Waals surface area (Å²) in [6.07, 6.45) is 4.26. The van der Waals surface area contributed by atoms with Crippen LogP contribution in [0.4, 0.5) is 5.69 Å². The number of non-ortho nitro benzene ring substituents is 1. The fraction of sp³-hybridized carbons (Fsp3) is 0.357. The Morgan fingerprint density at radius 2 is 2.25 bits per heavy atom. The summed E-state index contributed by atoms with van der Waals surface area (Å²) in [5, 5.41) is 13.4. The molecule has 0 aliphatic carbocycles. The van der Waals surface area contributed by atoms with Crippen LogP contribution in [-0.4, -0.2) is 24.0 Å². The number of hydrogen-bond acceptors (Lipinski definition) is 4. The van der Waals surface area contributed by atoms with Crippen LogP contribution < -0.4 is 10.1 Å². The minimum absolute atomic E-state index is 0.0231. The van der Waals surface area contributed by atoms with Crippen molar-refractivity contribution >= 4 is 17.7 Å². The Morgan fingerprint density at radius 1 is 1.50 bits per heavy atom. The van der Waals surface area contributed by atoms with Gasteiger partial charge in [-0.2, -0.15) is 0 Å². The van der Waals surface area contributed by atoms with E-state index in [0.29, 0.717) is 30.9 Å². The maximum atomic E-state index is 10.8. The summed E-state index contributed by atoms with van der Waals surface area (Å²) in [5.41, 5.74) is 0.679. The normalized spacial score (nSPS) is 10.5. The maximum absolute atomic E-state index is 10.8. The highest BCUT2D eigenvalue weighted by Crippen LogP contribution is 2.25. The van der Waals surface area contributed by atoms with Gasteiger partial charge in [-0.25, -0.2) is 0 Å². The predicted octanol–water partition coefficient (Wildman–Crippen LogP) is 2.53. The molecule has 6 nitrogen and oxygen atoms in total. The van der Waals surface area contributed by atoms with Crippen molar-refractivity contribution in [2.45, 2.75) is 20.3 Å². The molecular formula is C14H18N2O4. The molecule has 1 aromatic rings. The molecule has 20 heavy (non-hydrogen) atoms. The number of nitro benzene ring substituents is 1. The highest BCUT2D eigenvalue weighted by Gasteiger charge is 2.09. The number of ether oxygens (including phenoxy) is 1. The van der Waals surface area contributed by atoms with Crippen LogP contribution >= 0.6 is 0 Å². The average molecular weight is 278 g/mol. The Kier molecular flexibility index (Phi) is 6.22. The van der Waals surface area contributed by atoms with Crippen LogP contribution in [-0.2, 0) is 4.79 Å². The van der Waals surface area contributed by atoms with Crippen LogP contribution in [0.3, 0.4) is 0 Å². The molecule has 1 rings (SSSR count). The van der Waals surface area contributed by atoms with Crippen molar-refractivity contribution in [1.82, 2.24) is 5.32 Å². The van der Waals surface area contributed by atoms with Crippen molar-refractivity contribution in [3.8, 4) is 5.75 Å². The molecule has 0 saturated heterocycles. The molecule has 0 fully saturated rings. The first-order chi connectivity index (χ1) is 9.54. The molecule has 0 bridgehead atoms. The summed E-state index contributed by atoms with van der Waals surface area (Å²) in [7, 11) is 0. The predicted molar refractivity (Wildman–Crippen MR) is 76.6 cm³/mol. The highest BCUT2D eigenvalue weighted by molar-refractivity contribution is 5.72. The molecule has 108 valence electrons. The molecule has 0 radical (unpaired) electrons. The molecule has 0 aliphatic rings. The highest BCUT2D eigenvalue weighted by atomic mass is 16.6. The van der Waals surface area contributed by atoms with E-state index in [1.54, 1.807) is 12.1 Å². The molecule has 0 aromatic heterocycles. The largest absolute Gasteiger partial charge is 0.493 e. The maximum Gasteiger partial charge on any atom is 0.270 e. The summed E-state index contributed by atoms with van der Waals surface area (Å²) >= 11 is 0. The summed E-state index contributed by atoms with van der Waals surface area (Å²) in [4.78, 5) is 21.0. The van der Waals surface area contributed by atoms with Crippen molar-refractivity contribution in [1.29, 1.82) is 0 Å². The van der Waals surface area contributed by atoms with Gasteiger partial charge in [0.05, 0.1) is 11.5 Å². The van der Waals surface area contributed by atoms with Gasteiger partial charge in [-0.15, -0.1) is 0 Å². The number of carbonyl (C=O) groups excluding carboxylic acids is 1. The van der Waals surface area contributed by atoms with Crippen LogP contribution in [0.15, 0.2) is 24.3 Å². The molecule has 0 heterocycles. The molecular weight excluding hydrogens is 260 g/mol. The zero-order valence-electron chi connectivity index (χ0n) is 11.6. The van der Waals surface area contributed by atoms with Gasteiger partial charge in [-0.05, 0) is 19.4 Å². The lowest BCUT2D eigenvalue weighted by Gasteiger charge is -2.06. The fourth-order valence-corrected chi connectivity index (χ4v) is 1.61. The lowest BCUT2D eigenvalue weighted by molar-refractivity contribution is -0.384. The zero-order valence-corrected chi connectivity index (χ0v) is 11.6. The Morgan fingerprint density at radius 3 is 2.85 bits per heavy atom. The molecule has 0 saturated carbocycles. The van der Waals surface area contributed by atoms with Gasteiger partial charge < -0.3 is 10.1 Å². The Balaban J connectivity index is 2.78. The van der Waals surface area contributed by atoms with Crippen LogP contribution in [0.25, 0.3) is 6.08 Å². The van der Waals surface area contributed by atoms with Gasteiger partial charge in [-0.1, -0.05) is 12.2 Å². The van der Waals surface area contributed by atoms with Crippen LogP contribution in [0.5, 0.6) is 5.75 Å². The number of nitrogens with one attached hydrogen (secondary N) is 1. The molecule has 0 aliphatic heterocycles. The lowest BCUT2D eigenvalue weighted by Crippen LogP contribution is -2.20. The van der Waals surface area contributed by atoms with Crippen LogP contribution in [0.2, 0.25) is 0 Å². The summed E-state index contributed by atoms with van der Waals surface area (Å²) in [6.45, 7) is 4.33. The second-order valence-electron chi connectivity index (χ2n) is 4.09. The number of hydrogen-bond donors (Lipinski definition) is 1. The number of rotatable bonds is 7. The third kappa shape index (κ3) is 5.09. The number of amides is 1. The second kappa shape index (κ2) is 7.93. The standard InChI is InChI=1S/C14H18N2O4/c1-3-20-14-8-7-13(16(18)19)10-12(14)6-4-5-9-15-11(2)17/h4,6-8,10H,3,5,9H2,1-2H3,(H,15,17). The Hall–Kier alpha value is -2.37. The monoisotopic (exact) mass is 278 g/mol. The van der Waals surface area contributed by atoms with E-state index < -0.39 is 4.92 Å². The van der Waals surface area contributed by atoms with Crippen LogP contribution in [0, 0.1) is 10.1 Å². The Labute approximate surface area is 117 Å². The molecule has 1 amide bonds. The number of benzene rings is 1. The van der Waals surface area contributed by atoms with Crippen molar-refractivity contribution in [3.05, 3.63) is 40.0 Å². The minimum Gasteiger partial charge on any atom is -0.493 e. The van der Waals surface area contributed by atoms with Gasteiger partial charge >= 0.3 is 0 Å². The van der Waals surface area contributed by atoms with Crippen molar-refractivity contribution in [3.63, 3.8) is 0 Å². The van der Waals surface area contributed by atoms with Crippen molar-refractivity contribution in [2.24, 2.45) is 0 Å². The average Bonchev–Trinajstić information content (AvgIpc) is 2.39. The van der Waals surface area contributed by atoms with Crippen molar-refractivity contribution < 1.29 is 14.5 Å². The summed E-state index contributed by atoms with van der Waals surface area (Å²) in [5.74, 6) is 0.526. The molecule has 6 heteroatoms. The number of carbonyl (C=O) groups is 1. The first kappa shape index (κ1) is 15.7. The van der Waals surface area contributed by atoms with E-state index in [0.717, 1.165) is 0 Å². The minimum atomic E-state index is -0.440. The zero-order chi connectivity index (χ0) is 15.0. The van der Waals surface area contributed by atoms with Gasteiger partial charge in [0.2, 0.25) is 5.91 Å².